The molecular formula is C40H68N2O7. The Bertz CT molecular complexity index is 1220. The highest BCUT2D eigenvalue weighted by atomic mass is 16.7. The molecule has 49 heavy (non-hydrogen) atoms. The number of aliphatic hydroxyl groups excluding tert-OH is 2. The molecule has 0 aromatic carbocycles. The van der Waals surface area contributed by atoms with Crippen molar-refractivity contribution in [3.8, 4) is 0 Å². The van der Waals surface area contributed by atoms with Crippen molar-refractivity contribution in [3.63, 3.8) is 0 Å². The van der Waals surface area contributed by atoms with Crippen molar-refractivity contribution in [3.05, 3.63) is 0 Å². The second-order valence-electron chi connectivity index (χ2n) is 19.5. The molecule has 13 unspecified atom stereocenters. The minimum Gasteiger partial charge on any atom is -0.390 e. The Morgan fingerprint density at radius 3 is 2.47 bits per heavy atom. The van der Waals surface area contributed by atoms with Gasteiger partial charge in [0.15, 0.2) is 6.29 Å². The first-order valence-corrected chi connectivity index (χ1v) is 20.0. The highest BCUT2D eigenvalue weighted by molar-refractivity contribution is 5.78. The van der Waals surface area contributed by atoms with E-state index in [0.717, 1.165) is 58.0 Å². The summed E-state index contributed by atoms with van der Waals surface area (Å²) in [5.41, 5.74) is -1.42. The molecule has 0 radical (unpaired) electrons. The predicted molar refractivity (Wildman–Crippen MR) is 187 cm³/mol. The van der Waals surface area contributed by atoms with Crippen LogP contribution < -0.4 is 0 Å². The van der Waals surface area contributed by atoms with E-state index < -0.39 is 23.9 Å². The van der Waals surface area contributed by atoms with Gasteiger partial charge in [0.25, 0.3) is 0 Å². The van der Waals surface area contributed by atoms with Crippen molar-refractivity contribution in [1.29, 1.82) is 0 Å². The summed E-state index contributed by atoms with van der Waals surface area (Å²) in [7, 11) is 0. The Morgan fingerprint density at radius 2 is 1.76 bits per heavy atom. The van der Waals surface area contributed by atoms with Gasteiger partial charge < -0.3 is 34.4 Å². The normalized spacial score (nSPS) is 47.8. The van der Waals surface area contributed by atoms with Crippen LogP contribution in [0, 0.1) is 45.3 Å². The summed E-state index contributed by atoms with van der Waals surface area (Å²) in [5.74, 6) is 1.64. The van der Waals surface area contributed by atoms with Crippen LogP contribution in [-0.4, -0.2) is 113 Å². The van der Waals surface area contributed by atoms with Gasteiger partial charge in [0.1, 0.15) is 6.10 Å². The quantitative estimate of drug-likeness (QED) is 0.358. The maximum absolute atomic E-state index is 13.1. The first-order valence-electron chi connectivity index (χ1n) is 20.0. The maximum atomic E-state index is 13.1. The average Bonchev–Trinajstić information content (AvgIpc) is 3.61. The third-order valence-corrected chi connectivity index (χ3v) is 16.2. The Labute approximate surface area is 295 Å². The molecule has 3 aliphatic heterocycles. The summed E-state index contributed by atoms with van der Waals surface area (Å²) in [5, 5.41) is 34.1. The molecule has 9 nitrogen and oxygen atoms in total. The topological polar surface area (TPSA) is 112 Å². The molecule has 9 heteroatoms. The molecule has 4 saturated carbocycles. The number of amides is 1. The molecule has 3 N–H and O–H groups in total. The van der Waals surface area contributed by atoms with Crippen LogP contribution >= 0.6 is 0 Å². The van der Waals surface area contributed by atoms with Gasteiger partial charge in [-0.05, 0) is 131 Å². The van der Waals surface area contributed by atoms with Crippen LogP contribution in [0.15, 0.2) is 0 Å². The highest BCUT2D eigenvalue weighted by Crippen LogP contribution is 2.73. The second kappa shape index (κ2) is 12.9. The molecule has 7 fully saturated rings. The summed E-state index contributed by atoms with van der Waals surface area (Å²) in [4.78, 5) is 17.4. The van der Waals surface area contributed by atoms with E-state index in [2.05, 4.69) is 39.5 Å². The number of likely N-dealkylation sites (tertiary alicyclic amines) is 1. The molecule has 4 aliphatic carbocycles. The number of fused-ring (bicyclic) bond motifs is 5. The number of carbonyl (C=O) groups excluding carboxylic acids is 1. The second-order valence-corrected chi connectivity index (χ2v) is 19.5. The van der Waals surface area contributed by atoms with E-state index >= 15 is 0 Å². The van der Waals surface area contributed by atoms with Gasteiger partial charge in [-0.2, -0.15) is 0 Å². The van der Waals surface area contributed by atoms with Crippen molar-refractivity contribution in [1.82, 2.24) is 9.80 Å². The SMILES string of the molecule is CC1CC(C(O)C(C)(C)O)OC2C1C1(C)CCCC34CCC(OC5CN(C(=O)CN6CCCC6)CCO5)C(C)(C)C3CCC(C4)C1(C)C2O. The fourth-order valence-electron chi connectivity index (χ4n) is 13.4. The summed E-state index contributed by atoms with van der Waals surface area (Å²) in [6.07, 6.45) is 9.31. The molecule has 280 valence electrons. The lowest BCUT2D eigenvalue weighted by Crippen LogP contribution is -2.60. The number of hydrogen-bond donors (Lipinski definition) is 3. The highest BCUT2D eigenvalue weighted by Gasteiger charge is 2.72. The standard InChI is InChI=1S/C40H68N2O7/c1-25-21-27(34(44)37(4,5)46)48-33-32(25)38(6)14-10-15-40-16-13-29(36(2,3)28(40)12-11-26(22-40)39(38,7)35(33)45)49-31-24-42(19-20-47-31)30(43)23-41-17-8-9-18-41/h25-29,31-35,44-46H,8-24H2,1-7H3. The number of carbonyl (C=O) groups is 1. The summed E-state index contributed by atoms with van der Waals surface area (Å²) >= 11 is 0. The van der Waals surface area contributed by atoms with Crippen LogP contribution in [0.3, 0.4) is 0 Å². The molecule has 1 spiro atoms. The van der Waals surface area contributed by atoms with Crippen molar-refractivity contribution in [2.75, 3.05) is 39.3 Å². The number of nitrogens with zero attached hydrogens (tertiary/aromatic N) is 2. The molecule has 1 amide bonds. The smallest absolute Gasteiger partial charge is 0.237 e. The van der Waals surface area contributed by atoms with E-state index in [-0.39, 0.29) is 57.9 Å². The van der Waals surface area contributed by atoms with E-state index in [4.69, 9.17) is 14.2 Å². The van der Waals surface area contributed by atoms with Crippen LogP contribution in [0.25, 0.3) is 0 Å². The Morgan fingerprint density at radius 1 is 1.02 bits per heavy atom. The Balaban J connectivity index is 1.06. The van der Waals surface area contributed by atoms with E-state index in [1.807, 2.05) is 4.90 Å². The number of aliphatic hydroxyl groups is 3. The van der Waals surface area contributed by atoms with Gasteiger partial charge in [0.05, 0.1) is 49.7 Å². The Kier molecular flexibility index (Phi) is 9.65. The van der Waals surface area contributed by atoms with E-state index in [1.165, 1.54) is 19.3 Å². The number of morpholine rings is 1. The van der Waals surface area contributed by atoms with Gasteiger partial charge in [0.2, 0.25) is 5.91 Å². The van der Waals surface area contributed by atoms with Gasteiger partial charge in [-0.15, -0.1) is 0 Å². The van der Waals surface area contributed by atoms with Crippen LogP contribution in [-0.2, 0) is 19.0 Å². The third kappa shape index (κ3) is 5.96. The molecule has 3 heterocycles. The third-order valence-electron chi connectivity index (χ3n) is 16.2. The van der Waals surface area contributed by atoms with Crippen LogP contribution in [0.5, 0.6) is 0 Å². The molecular weight excluding hydrogens is 620 g/mol. The molecule has 2 bridgehead atoms. The number of ether oxygens (including phenoxy) is 3. The lowest BCUT2D eigenvalue weighted by Gasteiger charge is -2.64. The molecule has 0 aromatic heterocycles. The first-order chi connectivity index (χ1) is 23.0. The maximum Gasteiger partial charge on any atom is 0.237 e. The fraction of sp³-hybridized carbons (Fsp3) is 0.975. The van der Waals surface area contributed by atoms with E-state index in [1.54, 1.807) is 13.8 Å². The first kappa shape index (κ1) is 36.5. The van der Waals surface area contributed by atoms with E-state index in [0.29, 0.717) is 44.5 Å². The van der Waals surface area contributed by atoms with Crippen molar-refractivity contribution < 1.29 is 34.3 Å². The summed E-state index contributed by atoms with van der Waals surface area (Å²) < 4.78 is 19.7. The minimum absolute atomic E-state index is 0.0296. The summed E-state index contributed by atoms with van der Waals surface area (Å²) in [6, 6.07) is 0. The molecule has 0 aromatic rings. The average molecular weight is 689 g/mol. The van der Waals surface area contributed by atoms with Gasteiger partial charge in [-0.1, -0.05) is 41.0 Å². The van der Waals surface area contributed by atoms with Crippen LogP contribution in [0.1, 0.15) is 119 Å². The van der Waals surface area contributed by atoms with Crippen LogP contribution in [0.4, 0.5) is 0 Å². The lowest BCUT2D eigenvalue weighted by molar-refractivity contribution is -0.253. The van der Waals surface area contributed by atoms with Gasteiger partial charge >= 0.3 is 0 Å². The van der Waals surface area contributed by atoms with Crippen molar-refractivity contribution in [2.45, 2.75) is 162 Å². The monoisotopic (exact) mass is 689 g/mol. The summed E-state index contributed by atoms with van der Waals surface area (Å²) in [6.45, 7) is 19.5. The zero-order valence-electron chi connectivity index (χ0n) is 31.7. The molecule has 7 rings (SSSR count). The van der Waals surface area contributed by atoms with Crippen molar-refractivity contribution in [2.24, 2.45) is 45.3 Å². The molecule has 13 atom stereocenters. The minimum atomic E-state index is -1.26. The molecule has 7 aliphatic rings. The predicted octanol–water partition coefficient (Wildman–Crippen LogP) is 4.99. The molecule has 3 saturated heterocycles. The van der Waals surface area contributed by atoms with Gasteiger partial charge in [0, 0.05) is 12.0 Å². The number of rotatable bonds is 6. The zero-order valence-corrected chi connectivity index (χ0v) is 31.7. The van der Waals surface area contributed by atoms with Crippen LogP contribution in [0.2, 0.25) is 0 Å². The largest absolute Gasteiger partial charge is 0.390 e. The zero-order chi connectivity index (χ0) is 35.1. The fourth-order valence-corrected chi connectivity index (χ4v) is 13.4. The van der Waals surface area contributed by atoms with Gasteiger partial charge in [-0.3, -0.25) is 9.69 Å². The Hall–Kier alpha value is -0.810. The van der Waals surface area contributed by atoms with E-state index in [9.17, 15) is 20.1 Å². The number of hydrogen-bond acceptors (Lipinski definition) is 8. The van der Waals surface area contributed by atoms with Crippen molar-refractivity contribution >= 4 is 5.91 Å². The van der Waals surface area contributed by atoms with Gasteiger partial charge in [-0.25, -0.2) is 0 Å². The lowest BCUT2D eigenvalue weighted by atomic mass is 9.41.